The second-order valence-electron chi connectivity index (χ2n) is 6.98. The number of hydrogen-bond donors (Lipinski definition) is 1. The molecule has 2 aliphatic carbocycles. The highest BCUT2D eigenvalue weighted by Crippen LogP contribution is 2.32. The smallest absolute Gasteiger partial charge is 0.223 e. The van der Waals surface area contributed by atoms with E-state index in [0.29, 0.717) is 13.2 Å². The van der Waals surface area contributed by atoms with Gasteiger partial charge < -0.3 is 10.1 Å². The zero-order chi connectivity index (χ0) is 15.6. The van der Waals surface area contributed by atoms with Gasteiger partial charge in [0.25, 0.3) is 0 Å². The van der Waals surface area contributed by atoms with Gasteiger partial charge in [-0.25, -0.2) is 0 Å². The first-order chi connectivity index (χ1) is 11.3. The fourth-order valence-corrected chi connectivity index (χ4v) is 3.56. The summed E-state index contributed by atoms with van der Waals surface area (Å²) in [7, 11) is 0. The number of allylic oxidation sites excluding steroid dienone is 2. The molecule has 5 heteroatoms. The molecule has 0 atom stereocenters. The number of hydrogen-bond acceptors (Lipinski definition) is 3. The second kappa shape index (κ2) is 6.48. The van der Waals surface area contributed by atoms with Gasteiger partial charge in [0.2, 0.25) is 5.91 Å². The number of nitrogens with one attached hydrogen (secondary N) is 1. The van der Waals surface area contributed by atoms with Gasteiger partial charge in [-0.15, -0.1) is 0 Å². The summed E-state index contributed by atoms with van der Waals surface area (Å²) in [5.41, 5.74) is 3.75. The van der Waals surface area contributed by atoms with Crippen molar-refractivity contribution in [1.29, 1.82) is 0 Å². The van der Waals surface area contributed by atoms with Gasteiger partial charge >= 0.3 is 0 Å². The number of fused-ring (bicyclic) bond motifs is 1. The van der Waals surface area contributed by atoms with Crippen molar-refractivity contribution in [2.45, 2.75) is 51.7 Å². The minimum absolute atomic E-state index is 0.139. The molecule has 0 bridgehead atoms. The van der Waals surface area contributed by atoms with E-state index < -0.39 is 0 Å². The van der Waals surface area contributed by atoms with Gasteiger partial charge in [0.15, 0.2) is 0 Å². The lowest BCUT2D eigenvalue weighted by Crippen LogP contribution is -2.31. The molecule has 1 aliphatic heterocycles. The van der Waals surface area contributed by atoms with E-state index in [1.54, 1.807) is 0 Å². The standard InChI is InChI=1S/C18H25N3O2/c22-18(14-3-1-2-4-14)19-9-7-16-15-12-23-10-8-17(15)21(20-16)11-13-5-6-13/h1-2,13-14H,3-12H2,(H,19,22). The Morgan fingerprint density at radius 2 is 2.17 bits per heavy atom. The minimum atomic E-state index is 0.139. The van der Waals surface area contributed by atoms with Crippen LogP contribution in [0.2, 0.25) is 0 Å². The summed E-state index contributed by atoms with van der Waals surface area (Å²) < 4.78 is 7.85. The molecule has 1 N–H and O–H groups in total. The van der Waals surface area contributed by atoms with Crippen LogP contribution in [-0.4, -0.2) is 28.8 Å². The third kappa shape index (κ3) is 3.34. The molecule has 1 amide bonds. The fraction of sp³-hybridized carbons (Fsp3) is 0.667. The Bertz CT molecular complexity index is 608. The van der Waals surface area contributed by atoms with Gasteiger partial charge in [-0.05, 0) is 31.6 Å². The Hall–Kier alpha value is -1.62. The van der Waals surface area contributed by atoms with Crippen LogP contribution >= 0.6 is 0 Å². The minimum Gasteiger partial charge on any atom is -0.376 e. The molecule has 1 aromatic rings. The highest BCUT2D eigenvalue weighted by Gasteiger charge is 2.27. The van der Waals surface area contributed by atoms with Crippen LogP contribution in [0.15, 0.2) is 12.2 Å². The van der Waals surface area contributed by atoms with Crippen LogP contribution in [-0.2, 0) is 35.5 Å². The topological polar surface area (TPSA) is 56.2 Å². The summed E-state index contributed by atoms with van der Waals surface area (Å²) in [5, 5.41) is 7.91. The molecule has 4 rings (SSSR count). The van der Waals surface area contributed by atoms with E-state index in [9.17, 15) is 4.79 Å². The second-order valence-corrected chi connectivity index (χ2v) is 6.98. The van der Waals surface area contributed by atoms with Gasteiger partial charge in [0, 0.05) is 43.1 Å². The number of rotatable bonds is 6. The Balaban J connectivity index is 1.37. The maximum absolute atomic E-state index is 12.1. The van der Waals surface area contributed by atoms with E-state index in [-0.39, 0.29) is 11.8 Å². The number of carbonyl (C=O) groups excluding carboxylic acids is 1. The lowest BCUT2D eigenvalue weighted by Gasteiger charge is -2.15. The SMILES string of the molecule is O=C(NCCc1nn(CC2CC2)c2c1COCC2)C1CC=CC1. The van der Waals surface area contributed by atoms with Crippen molar-refractivity contribution in [3.8, 4) is 0 Å². The van der Waals surface area contributed by atoms with Gasteiger partial charge in [-0.1, -0.05) is 12.2 Å². The molecular weight excluding hydrogens is 290 g/mol. The average molecular weight is 315 g/mol. The van der Waals surface area contributed by atoms with Crippen molar-refractivity contribution in [3.05, 3.63) is 29.1 Å². The van der Waals surface area contributed by atoms with Gasteiger partial charge in [-0.2, -0.15) is 5.10 Å². The number of nitrogens with zero attached hydrogens (tertiary/aromatic N) is 2. The molecule has 0 radical (unpaired) electrons. The summed E-state index contributed by atoms with van der Waals surface area (Å²) in [6.45, 7) is 3.20. The number of ether oxygens (including phenoxy) is 1. The van der Waals surface area contributed by atoms with E-state index in [1.165, 1.54) is 24.1 Å². The molecule has 23 heavy (non-hydrogen) atoms. The van der Waals surface area contributed by atoms with Gasteiger partial charge in [-0.3, -0.25) is 9.48 Å². The van der Waals surface area contributed by atoms with Crippen LogP contribution in [0.4, 0.5) is 0 Å². The zero-order valence-corrected chi connectivity index (χ0v) is 13.6. The first-order valence-corrected chi connectivity index (χ1v) is 8.89. The van der Waals surface area contributed by atoms with Crippen LogP contribution in [0.25, 0.3) is 0 Å². The Kier molecular flexibility index (Phi) is 4.21. The molecule has 0 unspecified atom stereocenters. The van der Waals surface area contributed by atoms with E-state index in [0.717, 1.165) is 50.4 Å². The third-order valence-electron chi connectivity index (χ3n) is 5.15. The van der Waals surface area contributed by atoms with Crippen LogP contribution < -0.4 is 5.32 Å². The van der Waals surface area contributed by atoms with Crippen LogP contribution in [0, 0.1) is 11.8 Å². The highest BCUT2D eigenvalue weighted by atomic mass is 16.5. The molecule has 124 valence electrons. The van der Waals surface area contributed by atoms with Crippen LogP contribution in [0.5, 0.6) is 0 Å². The van der Waals surface area contributed by atoms with Crippen molar-refractivity contribution in [2.75, 3.05) is 13.2 Å². The summed E-state index contributed by atoms with van der Waals surface area (Å²) in [5.74, 6) is 1.14. The summed E-state index contributed by atoms with van der Waals surface area (Å²) in [4.78, 5) is 12.1. The van der Waals surface area contributed by atoms with Gasteiger partial charge in [0.05, 0.1) is 18.9 Å². The molecule has 0 saturated heterocycles. The van der Waals surface area contributed by atoms with Crippen molar-refractivity contribution in [2.24, 2.45) is 11.8 Å². The van der Waals surface area contributed by atoms with Gasteiger partial charge in [0.1, 0.15) is 0 Å². The molecule has 1 fully saturated rings. The quantitative estimate of drug-likeness (QED) is 0.817. The lowest BCUT2D eigenvalue weighted by atomic mass is 10.1. The predicted molar refractivity (Wildman–Crippen MR) is 86.9 cm³/mol. The molecule has 2 heterocycles. The third-order valence-corrected chi connectivity index (χ3v) is 5.15. The molecule has 5 nitrogen and oxygen atoms in total. The Labute approximate surface area is 137 Å². The maximum atomic E-state index is 12.1. The van der Waals surface area contributed by atoms with E-state index in [1.807, 2.05) is 0 Å². The largest absolute Gasteiger partial charge is 0.376 e. The molecule has 3 aliphatic rings. The number of amides is 1. The molecule has 0 spiro atoms. The first kappa shape index (κ1) is 14.9. The lowest BCUT2D eigenvalue weighted by molar-refractivity contribution is -0.124. The summed E-state index contributed by atoms with van der Waals surface area (Å²) in [6, 6.07) is 0. The molecule has 1 aromatic heterocycles. The monoisotopic (exact) mass is 315 g/mol. The van der Waals surface area contributed by atoms with Crippen molar-refractivity contribution in [1.82, 2.24) is 15.1 Å². The highest BCUT2D eigenvalue weighted by molar-refractivity contribution is 5.79. The van der Waals surface area contributed by atoms with Crippen molar-refractivity contribution >= 4 is 5.91 Å². The predicted octanol–water partition coefficient (Wildman–Crippen LogP) is 1.99. The fourth-order valence-electron chi connectivity index (χ4n) is 3.56. The van der Waals surface area contributed by atoms with E-state index in [4.69, 9.17) is 9.84 Å². The normalized spacial score (nSPS) is 20.7. The van der Waals surface area contributed by atoms with E-state index >= 15 is 0 Å². The average Bonchev–Trinajstić information content (AvgIpc) is 3.10. The van der Waals surface area contributed by atoms with Crippen molar-refractivity contribution in [3.63, 3.8) is 0 Å². The van der Waals surface area contributed by atoms with Crippen LogP contribution in [0.3, 0.4) is 0 Å². The summed E-state index contributed by atoms with van der Waals surface area (Å²) in [6.07, 6.45) is 10.4. The Morgan fingerprint density at radius 1 is 1.35 bits per heavy atom. The zero-order valence-electron chi connectivity index (χ0n) is 13.6. The van der Waals surface area contributed by atoms with Crippen molar-refractivity contribution < 1.29 is 9.53 Å². The summed E-state index contributed by atoms with van der Waals surface area (Å²) >= 11 is 0. The first-order valence-electron chi connectivity index (χ1n) is 8.89. The van der Waals surface area contributed by atoms with Crippen LogP contribution in [0.1, 0.15) is 42.6 Å². The van der Waals surface area contributed by atoms with E-state index in [2.05, 4.69) is 22.2 Å². The number of carbonyl (C=O) groups is 1. The Morgan fingerprint density at radius 3 is 2.96 bits per heavy atom. The molecular formula is C18H25N3O2. The molecule has 0 aromatic carbocycles. The maximum Gasteiger partial charge on any atom is 0.223 e. The number of aromatic nitrogens is 2. The molecule has 1 saturated carbocycles.